The summed E-state index contributed by atoms with van der Waals surface area (Å²) < 4.78 is 37.1. The van der Waals surface area contributed by atoms with Gasteiger partial charge in [0.15, 0.2) is 0 Å². The molecule has 15 heavy (non-hydrogen) atoms. The van der Waals surface area contributed by atoms with E-state index in [1.54, 1.807) is 18.2 Å². The molecule has 0 amide bonds. The summed E-state index contributed by atoms with van der Waals surface area (Å²) in [4.78, 5) is 0. The number of alkyl halides is 3. The minimum atomic E-state index is -4.47. The van der Waals surface area contributed by atoms with Crippen molar-refractivity contribution in [2.24, 2.45) is 0 Å². The van der Waals surface area contributed by atoms with Crippen LogP contribution >= 0.6 is 0 Å². The number of halogens is 3. The van der Waals surface area contributed by atoms with Gasteiger partial charge in [0.2, 0.25) is 0 Å². The number of hydrogen-bond acceptors (Lipinski definition) is 1. The van der Waals surface area contributed by atoms with Crippen molar-refractivity contribution in [3.8, 4) is 0 Å². The van der Waals surface area contributed by atoms with Crippen molar-refractivity contribution in [3.63, 3.8) is 0 Å². The van der Waals surface area contributed by atoms with Crippen LogP contribution < -0.4 is 0 Å². The lowest BCUT2D eigenvalue weighted by atomic mass is 9.92. The molecule has 0 bridgehead atoms. The van der Waals surface area contributed by atoms with Crippen LogP contribution in [0.1, 0.15) is 11.5 Å². The zero-order chi connectivity index (χ0) is 11.5. The highest BCUT2D eigenvalue weighted by atomic mass is 19.4. The van der Waals surface area contributed by atoms with E-state index in [9.17, 15) is 13.2 Å². The molecule has 0 aromatic heterocycles. The Hall–Kier alpha value is -1.29. The van der Waals surface area contributed by atoms with Crippen molar-refractivity contribution < 1.29 is 18.3 Å². The van der Waals surface area contributed by atoms with E-state index in [1.807, 2.05) is 0 Å². The number of hydrogen-bond donors (Lipinski definition) is 1. The summed E-state index contributed by atoms with van der Waals surface area (Å²) >= 11 is 0. The van der Waals surface area contributed by atoms with Crippen molar-refractivity contribution in [2.75, 3.05) is 6.61 Å². The van der Waals surface area contributed by atoms with E-state index in [2.05, 4.69) is 6.58 Å². The Bertz CT molecular complexity index is 329. The molecule has 1 aromatic carbocycles. The first-order valence-electron chi connectivity index (χ1n) is 4.38. The molecule has 0 spiro atoms. The monoisotopic (exact) mass is 216 g/mol. The predicted molar refractivity (Wildman–Crippen MR) is 51.5 cm³/mol. The average molecular weight is 216 g/mol. The highest BCUT2D eigenvalue weighted by Crippen LogP contribution is 2.35. The Morgan fingerprint density at radius 1 is 1.27 bits per heavy atom. The fourth-order valence-corrected chi connectivity index (χ4v) is 1.30. The molecular formula is C11H11F3O. The Morgan fingerprint density at radius 3 is 2.20 bits per heavy atom. The molecule has 0 saturated heterocycles. The lowest BCUT2D eigenvalue weighted by Gasteiger charge is -2.19. The summed E-state index contributed by atoms with van der Waals surface area (Å²) in [5, 5.41) is 8.95. The molecule has 0 aliphatic rings. The van der Waals surface area contributed by atoms with Gasteiger partial charge in [0.25, 0.3) is 0 Å². The van der Waals surface area contributed by atoms with Crippen molar-refractivity contribution >= 4 is 0 Å². The van der Waals surface area contributed by atoms with E-state index in [0.717, 1.165) is 0 Å². The lowest BCUT2D eigenvalue weighted by molar-refractivity contribution is -0.0968. The minimum Gasteiger partial charge on any atom is -0.395 e. The largest absolute Gasteiger partial charge is 0.412 e. The molecule has 0 fully saturated rings. The second kappa shape index (κ2) is 4.49. The van der Waals surface area contributed by atoms with Crippen molar-refractivity contribution in [3.05, 3.63) is 48.0 Å². The first-order valence-corrected chi connectivity index (χ1v) is 4.38. The van der Waals surface area contributed by atoms with Crippen LogP contribution in [0.15, 0.2) is 42.5 Å². The molecule has 0 heterocycles. The minimum absolute atomic E-state index is 0.419. The molecule has 0 radical (unpaired) electrons. The zero-order valence-corrected chi connectivity index (χ0v) is 7.96. The van der Waals surface area contributed by atoms with Gasteiger partial charge in [-0.1, -0.05) is 36.9 Å². The standard InChI is InChI=1S/C11H11F3O/c1-8(11(12,13)14)10(7-15)9-5-3-2-4-6-9/h2-6,10,15H,1,7H2. The maximum absolute atomic E-state index is 12.4. The van der Waals surface area contributed by atoms with E-state index < -0.39 is 24.3 Å². The quantitative estimate of drug-likeness (QED) is 0.770. The lowest BCUT2D eigenvalue weighted by Crippen LogP contribution is -2.20. The van der Waals surface area contributed by atoms with E-state index in [0.29, 0.717) is 5.56 Å². The Morgan fingerprint density at radius 2 is 1.80 bits per heavy atom. The summed E-state index contributed by atoms with van der Waals surface area (Å²) in [5.74, 6) is -1.08. The van der Waals surface area contributed by atoms with Crippen LogP contribution in [0.3, 0.4) is 0 Å². The van der Waals surface area contributed by atoms with Gasteiger partial charge in [-0.15, -0.1) is 0 Å². The molecule has 1 unspecified atom stereocenters. The summed E-state index contributed by atoms with van der Waals surface area (Å²) in [6.45, 7) is 2.39. The summed E-state index contributed by atoms with van der Waals surface area (Å²) in [7, 11) is 0. The van der Waals surface area contributed by atoms with E-state index >= 15 is 0 Å². The Labute approximate surface area is 85.9 Å². The predicted octanol–water partition coefficient (Wildman–Crippen LogP) is 2.88. The van der Waals surface area contributed by atoms with Gasteiger partial charge < -0.3 is 5.11 Å². The molecular weight excluding hydrogens is 205 g/mol. The van der Waals surface area contributed by atoms with Crippen LogP contribution in [-0.4, -0.2) is 17.9 Å². The smallest absolute Gasteiger partial charge is 0.395 e. The number of benzene rings is 1. The van der Waals surface area contributed by atoms with Gasteiger partial charge >= 0.3 is 6.18 Å². The topological polar surface area (TPSA) is 20.2 Å². The van der Waals surface area contributed by atoms with Gasteiger partial charge in [0, 0.05) is 11.5 Å². The maximum atomic E-state index is 12.4. The third-order valence-electron chi connectivity index (χ3n) is 2.17. The summed E-state index contributed by atoms with van der Waals surface area (Å²) in [5.41, 5.74) is -0.501. The maximum Gasteiger partial charge on any atom is 0.412 e. The van der Waals surface area contributed by atoms with Crippen molar-refractivity contribution in [2.45, 2.75) is 12.1 Å². The fourth-order valence-electron chi connectivity index (χ4n) is 1.30. The number of aliphatic hydroxyl groups excluding tert-OH is 1. The molecule has 1 N–H and O–H groups in total. The summed E-state index contributed by atoms with van der Waals surface area (Å²) in [6, 6.07) is 8.03. The molecule has 0 aliphatic heterocycles. The van der Waals surface area contributed by atoms with Crippen LogP contribution in [0.4, 0.5) is 13.2 Å². The van der Waals surface area contributed by atoms with Gasteiger partial charge in [-0.05, 0) is 5.56 Å². The number of rotatable bonds is 3. The first-order chi connectivity index (χ1) is 6.96. The van der Waals surface area contributed by atoms with Crippen LogP contribution in [0.25, 0.3) is 0 Å². The van der Waals surface area contributed by atoms with Gasteiger partial charge in [0.05, 0.1) is 6.61 Å². The summed E-state index contributed by atoms with van der Waals surface area (Å²) in [6.07, 6.45) is -4.47. The third kappa shape index (κ3) is 2.83. The van der Waals surface area contributed by atoms with Crippen molar-refractivity contribution in [1.29, 1.82) is 0 Å². The van der Waals surface area contributed by atoms with E-state index in [1.165, 1.54) is 12.1 Å². The van der Waals surface area contributed by atoms with Gasteiger partial charge in [0.1, 0.15) is 0 Å². The van der Waals surface area contributed by atoms with Gasteiger partial charge in [-0.3, -0.25) is 0 Å². The Balaban J connectivity index is 2.96. The first kappa shape index (κ1) is 11.8. The number of aliphatic hydroxyl groups is 1. The molecule has 1 nitrogen and oxygen atoms in total. The normalized spacial score (nSPS) is 13.6. The zero-order valence-electron chi connectivity index (χ0n) is 7.96. The third-order valence-corrected chi connectivity index (χ3v) is 2.17. The Kier molecular flexibility index (Phi) is 3.52. The van der Waals surface area contributed by atoms with Crippen LogP contribution in [-0.2, 0) is 0 Å². The molecule has 82 valence electrons. The fraction of sp³-hybridized carbons (Fsp3) is 0.273. The van der Waals surface area contributed by atoms with Gasteiger partial charge in [-0.25, -0.2) is 0 Å². The second-order valence-corrected chi connectivity index (χ2v) is 3.17. The molecule has 0 aliphatic carbocycles. The molecule has 1 rings (SSSR count). The average Bonchev–Trinajstić information content (AvgIpc) is 2.19. The second-order valence-electron chi connectivity index (χ2n) is 3.17. The van der Waals surface area contributed by atoms with Crippen LogP contribution in [0.5, 0.6) is 0 Å². The van der Waals surface area contributed by atoms with Crippen LogP contribution in [0.2, 0.25) is 0 Å². The highest BCUT2D eigenvalue weighted by Gasteiger charge is 2.37. The van der Waals surface area contributed by atoms with Gasteiger partial charge in [-0.2, -0.15) is 13.2 Å². The molecule has 4 heteroatoms. The van der Waals surface area contributed by atoms with E-state index in [4.69, 9.17) is 5.11 Å². The van der Waals surface area contributed by atoms with Crippen molar-refractivity contribution in [1.82, 2.24) is 0 Å². The molecule has 0 saturated carbocycles. The van der Waals surface area contributed by atoms with Crippen LogP contribution in [0, 0.1) is 0 Å². The SMILES string of the molecule is C=C(C(CO)c1ccccc1)C(F)(F)F. The molecule has 1 aromatic rings. The molecule has 1 atom stereocenters. The van der Waals surface area contributed by atoms with E-state index in [-0.39, 0.29) is 0 Å². The highest BCUT2D eigenvalue weighted by molar-refractivity contribution is 5.29.